The maximum atomic E-state index is 13.4. The van der Waals surface area contributed by atoms with Gasteiger partial charge in [-0.3, -0.25) is 4.79 Å². The minimum Gasteiger partial charge on any atom is -0.337 e. The van der Waals surface area contributed by atoms with Crippen molar-refractivity contribution < 1.29 is 9.32 Å². The standard InChI is InChI=1S/C24H21N3O2/c1-16-11-13-18(14-12-16)22-25-23(29-26-22)21-10-5-15-27(21)24(28)20-9-4-7-17-6-2-3-8-19(17)20/h2-4,6-9,11-14,21H,5,10,15H2,1H3/t21-/m0/s1. The number of hydrogen-bond donors (Lipinski definition) is 0. The zero-order chi connectivity index (χ0) is 19.8. The topological polar surface area (TPSA) is 59.2 Å². The van der Waals surface area contributed by atoms with Gasteiger partial charge >= 0.3 is 0 Å². The molecular weight excluding hydrogens is 362 g/mol. The van der Waals surface area contributed by atoms with Crippen LogP contribution >= 0.6 is 0 Å². The summed E-state index contributed by atoms with van der Waals surface area (Å²) < 4.78 is 5.58. The van der Waals surface area contributed by atoms with Crippen LogP contribution in [-0.2, 0) is 0 Å². The summed E-state index contributed by atoms with van der Waals surface area (Å²) in [6, 6.07) is 21.7. The van der Waals surface area contributed by atoms with Gasteiger partial charge in [0.05, 0.1) is 0 Å². The summed E-state index contributed by atoms with van der Waals surface area (Å²) in [5.74, 6) is 1.08. The molecule has 1 aliphatic rings. The number of aryl methyl sites for hydroxylation is 1. The largest absolute Gasteiger partial charge is 0.337 e. The van der Waals surface area contributed by atoms with E-state index in [1.807, 2.05) is 78.6 Å². The maximum absolute atomic E-state index is 13.4. The fourth-order valence-corrected chi connectivity index (χ4v) is 4.02. The number of benzene rings is 3. The van der Waals surface area contributed by atoms with Gasteiger partial charge in [0, 0.05) is 17.7 Å². The van der Waals surface area contributed by atoms with E-state index in [9.17, 15) is 4.79 Å². The van der Waals surface area contributed by atoms with Crippen LogP contribution in [0.3, 0.4) is 0 Å². The van der Waals surface area contributed by atoms with Crippen LogP contribution in [0.4, 0.5) is 0 Å². The molecule has 0 radical (unpaired) electrons. The molecule has 5 heteroatoms. The summed E-state index contributed by atoms with van der Waals surface area (Å²) in [4.78, 5) is 19.9. The summed E-state index contributed by atoms with van der Waals surface area (Å²) in [5, 5.41) is 6.19. The third-order valence-electron chi connectivity index (χ3n) is 5.57. The molecule has 1 atom stereocenters. The Kier molecular flexibility index (Phi) is 4.35. The van der Waals surface area contributed by atoms with E-state index in [4.69, 9.17) is 4.52 Å². The van der Waals surface area contributed by atoms with Crippen LogP contribution in [-0.4, -0.2) is 27.5 Å². The molecule has 29 heavy (non-hydrogen) atoms. The first-order valence-corrected chi connectivity index (χ1v) is 9.90. The van der Waals surface area contributed by atoms with Gasteiger partial charge in [0.1, 0.15) is 6.04 Å². The molecule has 0 spiro atoms. The monoisotopic (exact) mass is 383 g/mol. The number of rotatable bonds is 3. The van der Waals surface area contributed by atoms with Gasteiger partial charge in [0.2, 0.25) is 11.7 Å². The average molecular weight is 383 g/mol. The molecule has 0 aliphatic carbocycles. The lowest BCUT2D eigenvalue weighted by atomic mass is 10.0. The average Bonchev–Trinajstić information content (AvgIpc) is 3.43. The molecule has 3 aromatic carbocycles. The molecule has 144 valence electrons. The van der Waals surface area contributed by atoms with E-state index in [0.29, 0.717) is 23.8 Å². The Balaban J connectivity index is 1.46. The van der Waals surface area contributed by atoms with E-state index in [1.165, 1.54) is 5.56 Å². The number of likely N-dealkylation sites (tertiary alicyclic amines) is 1. The van der Waals surface area contributed by atoms with Gasteiger partial charge in [-0.15, -0.1) is 0 Å². The summed E-state index contributed by atoms with van der Waals surface area (Å²) >= 11 is 0. The quantitative estimate of drug-likeness (QED) is 0.489. The number of fused-ring (bicyclic) bond motifs is 1. The highest BCUT2D eigenvalue weighted by molar-refractivity contribution is 6.07. The van der Waals surface area contributed by atoms with Gasteiger partial charge in [0.25, 0.3) is 5.91 Å². The lowest BCUT2D eigenvalue weighted by molar-refractivity contribution is 0.0712. The van der Waals surface area contributed by atoms with Gasteiger partial charge in [-0.1, -0.05) is 71.4 Å². The molecule has 2 heterocycles. The number of aromatic nitrogens is 2. The third-order valence-corrected chi connectivity index (χ3v) is 5.57. The van der Waals surface area contributed by atoms with Crippen molar-refractivity contribution in [1.29, 1.82) is 0 Å². The third kappa shape index (κ3) is 3.18. The smallest absolute Gasteiger partial charge is 0.255 e. The minimum atomic E-state index is -0.187. The molecule has 1 saturated heterocycles. The first kappa shape index (κ1) is 17.6. The van der Waals surface area contributed by atoms with Gasteiger partial charge in [-0.05, 0) is 36.6 Å². The molecule has 5 nitrogen and oxygen atoms in total. The van der Waals surface area contributed by atoms with Crippen molar-refractivity contribution >= 4 is 16.7 Å². The van der Waals surface area contributed by atoms with Crippen LogP contribution in [0.25, 0.3) is 22.2 Å². The van der Waals surface area contributed by atoms with Crippen molar-refractivity contribution in [2.75, 3.05) is 6.54 Å². The van der Waals surface area contributed by atoms with Crippen LogP contribution < -0.4 is 0 Å². The fraction of sp³-hybridized carbons (Fsp3) is 0.208. The normalized spacial score (nSPS) is 16.4. The van der Waals surface area contributed by atoms with E-state index < -0.39 is 0 Å². The Hall–Kier alpha value is -3.47. The number of carbonyl (C=O) groups is 1. The van der Waals surface area contributed by atoms with E-state index in [2.05, 4.69) is 10.1 Å². The Morgan fingerprint density at radius 3 is 2.69 bits per heavy atom. The van der Waals surface area contributed by atoms with Crippen molar-refractivity contribution in [1.82, 2.24) is 15.0 Å². The van der Waals surface area contributed by atoms with Crippen LogP contribution in [0.5, 0.6) is 0 Å². The van der Waals surface area contributed by atoms with Gasteiger partial charge < -0.3 is 9.42 Å². The first-order valence-electron chi connectivity index (χ1n) is 9.90. The molecule has 0 unspecified atom stereocenters. The Morgan fingerprint density at radius 1 is 1.03 bits per heavy atom. The predicted octanol–water partition coefficient (Wildman–Crippen LogP) is 5.18. The van der Waals surface area contributed by atoms with E-state index in [1.54, 1.807) is 0 Å². The molecule has 1 aromatic heterocycles. The van der Waals surface area contributed by atoms with Crippen LogP contribution in [0.2, 0.25) is 0 Å². The summed E-state index contributed by atoms with van der Waals surface area (Å²) in [5.41, 5.74) is 2.81. The fourth-order valence-electron chi connectivity index (χ4n) is 4.02. The molecule has 0 saturated carbocycles. The molecule has 1 aliphatic heterocycles. The second-order valence-corrected chi connectivity index (χ2v) is 7.51. The van der Waals surface area contributed by atoms with Crippen molar-refractivity contribution in [2.45, 2.75) is 25.8 Å². The van der Waals surface area contributed by atoms with Crippen molar-refractivity contribution in [3.05, 3.63) is 83.7 Å². The number of hydrogen-bond acceptors (Lipinski definition) is 4. The van der Waals surface area contributed by atoms with Crippen LogP contribution in [0.15, 0.2) is 71.3 Å². The number of amides is 1. The highest BCUT2D eigenvalue weighted by atomic mass is 16.5. The Bertz CT molecular complexity index is 1170. The van der Waals surface area contributed by atoms with E-state index in [-0.39, 0.29) is 11.9 Å². The molecule has 1 fully saturated rings. The lowest BCUT2D eigenvalue weighted by Crippen LogP contribution is -2.30. The van der Waals surface area contributed by atoms with Gasteiger partial charge in [0.15, 0.2) is 0 Å². The van der Waals surface area contributed by atoms with Gasteiger partial charge in [-0.25, -0.2) is 0 Å². The highest BCUT2D eigenvalue weighted by Crippen LogP contribution is 2.34. The Labute approximate surface area is 169 Å². The summed E-state index contributed by atoms with van der Waals surface area (Å²) in [6.45, 7) is 2.73. The predicted molar refractivity (Wildman–Crippen MR) is 111 cm³/mol. The molecule has 0 N–H and O–H groups in total. The maximum Gasteiger partial charge on any atom is 0.255 e. The lowest BCUT2D eigenvalue weighted by Gasteiger charge is -2.22. The second-order valence-electron chi connectivity index (χ2n) is 7.51. The summed E-state index contributed by atoms with van der Waals surface area (Å²) in [6.07, 6.45) is 1.75. The summed E-state index contributed by atoms with van der Waals surface area (Å²) in [7, 11) is 0. The van der Waals surface area contributed by atoms with Crippen molar-refractivity contribution in [3.8, 4) is 11.4 Å². The van der Waals surface area contributed by atoms with E-state index in [0.717, 1.165) is 29.2 Å². The molecule has 0 bridgehead atoms. The SMILES string of the molecule is Cc1ccc(-c2noc([C@@H]3CCCN3C(=O)c3cccc4ccccc34)n2)cc1. The molecule has 4 aromatic rings. The Morgan fingerprint density at radius 2 is 1.83 bits per heavy atom. The first-order chi connectivity index (χ1) is 14.2. The molecule has 5 rings (SSSR count). The molecular formula is C24H21N3O2. The van der Waals surface area contributed by atoms with Crippen molar-refractivity contribution in [3.63, 3.8) is 0 Å². The van der Waals surface area contributed by atoms with Crippen molar-refractivity contribution in [2.24, 2.45) is 0 Å². The van der Waals surface area contributed by atoms with Gasteiger partial charge in [-0.2, -0.15) is 4.98 Å². The number of carbonyl (C=O) groups excluding carboxylic acids is 1. The molecule has 1 amide bonds. The highest BCUT2D eigenvalue weighted by Gasteiger charge is 2.35. The zero-order valence-electron chi connectivity index (χ0n) is 16.2. The second kappa shape index (κ2) is 7.17. The van der Waals surface area contributed by atoms with Crippen LogP contribution in [0, 0.1) is 6.92 Å². The van der Waals surface area contributed by atoms with Crippen LogP contribution in [0.1, 0.15) is 40.7 Å². The van der Waals surface area contributed by atoms with E-state index >= 15 is 0 Å². The zero-order valence-corrected chi connectivity index (χ0v) is 16.2. The number of nitrogens with zero attached hydrogens (tertiary/aromatic N) is 3. The minimum absolute atomic E-state index is 0.0133.